The van der Waals surface area contributed by atoms with Gasteiger partial charge < -0.3 is 10.2 Å². The van der Waals surface area contributed by atoms with Crippen LogP contribution in [0.1, 0.15) is 43.7 Å². The maximum absolute atomic E-state index is 13.2. The third-order valence-corrected chi connectivity index (χ3v) is 8.21. The van der Waals surface area contributed by atoms with Crippen LogP contribution in [0.15, 0.2) is 47.4 Å². The third kappa shape index (κ3) is 4.56. The molecule has 2 heterocycles. The molecule has 4 rings (SSSR count). The minimum Gasteiger partial charge on any atom is -0.325 e. The number of rotatable bonds is 5. The second-order valence-electron chi connectivity index (χ2n) is 8.65. The van der Waals surface area contributed by atoms with Crippen molar-refractivity contribution in [2.45, 2.75) is 56.9 Å². The van der Waals surface area contributed by atoms with Gasteiger partial charge in [0.05, 0.1) is 4.90 Å². The van der Waals surface area contributed by atoms with Crippen molar-refractivity contribution >= 4 is 33.2 Å². The van der Waals surface area contributed by atoms with Crippen LogP contribution in [0, 0.1) is 6.92 Å². The Balaban J connectivity index is 1.55. The molecule has 170 valence electrons. The van der Waals surface area contributed by atoms with Gasteiger partial charge in [-0.15, -0.1) is 0 Å². The molecule has 0 aliphatic carbocycles. The number of benzene rings is 2. The molecule has 0 aromatic heterocycles. The van der Waals surface area contributed by atoms with Gasteiger partial charge in [0.2, 0.25) is 21.8 Å². The van der Waals surface area contributed by atoms with E-state index in [1.54, 1.807) is 28.6 Å². The fourth-order valence-corrected chi connectivity index (χ4v) is 6.25. The van der Waals surface area contributed by atoms with Crippen molar-refractivity contribution in [1.82, 2.24) is 4.31 Å². The van der Waals surface area contributed by atoms with E-state index in [2.05, 4.69) is 5.32 Å². The largest absolute Gasteiger partial charge is 0.325 e. The summed E-state index contributed by atoms with van der Waals surface area (Å²) in [6, 6.07) is 12.3. The minimum atomic E-state index is -3.59. The summed E-state index contributed by atoms with van der Waals surface area (Å²) in [4.78, 5) is 26.9. The summed E-state index contributed by atoms with van der Waals surface area (Å²) in [5.41, 5.74) is 3.08. The van der Waals surface area contributed by atoms with Gasteiger partial charge in [-0.2, -0.15) is 4.31 Å². The average Bonchev–Trinajstić information content (AvgIpc) is 2.75. The number of hydrogen-bond donors (Lipinski definition) is 1. The SMILES string of the molecule is Cc1cccc(NC(=O)CN2C(=O)CCc3cc(S(=O)(=O)N4CCCC[C@@H]4C)ccc32)c1. The number of sulfonamides is 1. The molecular formula is C24H29N3O4S. The molecule has 2 amide bonds. The number of hydrogen-bond acceptors (Lipinski definition) is 4. The number of nitrogens with zero attached hydrogens (tertiary/aromatic N) is 2. The third-order valence-electron chi connectivity index (χ3n) is 6.20. The van der Waals surface area contributed by atoms with Crippen LogP contribution in [0.2, 0.25) is 0 Å². The lowest BCUT2D eigenvalue weighted by atomic mass is 10.0. The van der Waals surface area contributed by atoms with Gasteiger partial charge in [0.25, 0.3) is 0 Å². The van der Waals surface area contributed by atoms with E-state index in [1.165, 1.54) is 4.90 Å². The Labute approximate surface area is 189 Å². The molecule has 1 saturated heterocycles. The summed E-state index contributed by atoms with van der Waals surface area (Å²) in [6.07, 6.45) is 3.48. The van der Waals surface area contributed by atoms with Crippen LogP contribution in [0.4, 0.5) is 11.4 Å². The summed E-state index contributed by atoms with van der Waals surface area (Å²) in [6.45, 7) is 4.30. The zero-order valence-electron chi connectivity index (χ0n) is 18.5. The van der Waals surface area contributed by atoms with Gasteiger partial charge in [-0.3, -0.25) is 9.59 Å². The first-order chi connectivity index (χ1) is 15.3. The number of fused-ring (bicyclic) bond motifs is 1. The zero-order valence-corrected chi connectivity index (χ0v) is 19.3. The smallest absolute Gasteiger partial charge is 0.244 e. The van der Waals surface area contributed by atoms with E-state index in [0.29, 0.717) is 24.3 Å². The van der Waals surface area contributed by atoms with Crippen LogP contribution in [0.5, 0.6) is 0 Å². The van der Waals surface area contributed by atoms with Gasteiger partial charge in [-0.25, -0.2) is 8.42 Å². The van der Waals surface area contributed by atoms with Gasteiger partial charge >= 0.3 is 0 Å². The van der Waals surface area contributed by atoms with Gasteiger partial charge in [0, 0.05) is 30.4 Å². The first-order valence-corrected chi connectivity index (χ1v) is 12.5. The molecule has 0 bridgehead atoms. The molecule has 2 aliphatic heterocycles. The van der Waals surface area contributed by atoms with Crippen molar-refractivity contribution in [2.24, 2.45) is 0 Å². The highest BCUT2D eigenvalue weighted by Crippen LogP contribution is 2.32. The quantitative estimate of drug-likeness (QED) is 0.748. The van der Waals surface area contributed by atoms with E-state index in [9.17, 15) is 18.0 Å². The Morgan fingerprint density at radius 1 is 1.12 bits per heavy atom. The van der Waals surface area contributed by atoms with Crippen LogP contribution in [0.3, 0.4) is 0 Å². The molecule has 32 heavy (non-hydrogen) atoms. The Morgan fingerprint density at radius 2 is 1.94 bits per heavy atom. The summed E-state index contributed by atoms with van der Waals surface area (Å²) < 4.78 is 28.0. The molecule has 1 atom stereocenters. The molecule has 8 heteroatoms. The highest BCUT2D eigenvalue weighted by atomic mass is 32.2. The normalized spacial score (nSPS) is 19.5. The Kier molecular flexibility index (Phi) is 6.35. The molecule has 1 fully saturated rings. The zero-order chi connectivity index (χ0) is 22.9. The van der Waals surface area contributed by atoms with E-state index in [1.807, 2.05) is 32.0 Å². The predicted octanol–water partition coefficient (Wildman–Crippen LogP) is 3.48. The van der Waals surface area contributed by atoms with Crippen LogP contribution < -0.4 is 10.2 Å². The molecule has 0 saturated carbocycles. The monoisotopic (exact) mass is 455 g/mol. The second-order valence-corrected chi connectivity index (χ2v) is 10.5. The van der Waals surface area contributed by atoms with Crippen molar-refractivity contribution in [2.75, 3.05) is 23.3 Å². The van der Waals surface area contributed by atoms with E-state index in [0.717, 1.165) is 30.4 Å². The molecular weight excluding hydrogens is 426 g/mol. The summed E-state index contributed by atoms with van der Waals surface area (Å²) in [5, 5.41) is 2.83. The molecule has 1 N–H and O–H groups in total. The number of nitrogens with one attached hydrogen (secondary N) is 1. The number of anilines is 2. The molecule has 2 aromatic rings. The highest BCUT2D eigenvalue weighted by Gasteiger charge is 2.33. The lowest BCUT2D eigenvalue weighted by Crippen LogP contribution is -2.42. The first-order valence-electron chi connectivity index (χ1n) is 11.1. The standard InChI is InChI=1S/C24H29N3O4S/c1-17-6-5-8-20(14-17)25-23(28)16-26-22-11-10-21(15-19(22)9-12-24(26)29)32(30,31)27-13-4-3-7-18(27)2/h5-6,8,10-11,14-15,18H,3-4,7,9,12-13,16H2,1-2H3,(H,25,28)/t18-/m0/s1. The number of aryl methyl sites for hydroxylation is 2. The predicted molar refractivity (Wildman–Crippen MR) is 124 cm³/mol. The van der Waals surface area contributed by atoms with Gasteiger partial charge in [0.1, 0.15) is 6.54 Å². The maximum atomic E-state index is 13.2. The van der Waals surface area contributed by atoms with Crippen LogP contribution in [-0.4, -0.2) is 43.7 Å². The number of carbonyl (C=O) groups excluding carboxylic acids is 2. The maximum Gasteiger partial charge on any atom is 0.244 e. The lowest BCUT2D eigenvalue weighted by molar-refractivity contribution is -0.121. The van der Waals surface area contributed by atoms with Crippen LogP contribution in [0.25, 0.3) is 0 Å². The van der Waals surface area contributed by atoms with E-state index >= 15 is 0 Å². The second kappa shape index (κ2) is 9.03. The van der Waals surface area contributed by atoms with Gasteiger partial charge in [-0.1, -0.05) is 18.6 Å². The minimum absolute atomic E-state index is 0.0202. The Bertz CT molecular complexity index is 1150. The molecule has 0 spiro atoms. The summed E-state index contributed by atoms with van der Waals surface area (Å²) >= 11 is 0. The summed E-state index contributed by atoms with van der Waals surface area (Å²) in [7, 11) is -3.59. The first kappa shape index (κ1) is 22.5. The van der Waals surface area contributed by atoms with Gasteiger partial charge in [-0.05, 0) is 74.6 Å². The van der Waals surface area contributed by atoms with Crippen molar-refractivity contribution in [3.05, 3.63) is 53.6 Å². The number of piperidine rings is 1. The van der Waals surface area contributed by atoms with E-state index in [4.69, 9.17) is 0 Å². The molecule has 0 unspecified atom stereocenters. The topological polar surface area (TPSA) is 86.8 Å². The molecule has 2 aliphatic rings. The highest BCUT2D eigenvalue weighted by molar-refractivity contribution is 7.89. The van der Waals surface area contributed by atoms with E-state index < -0.39 is 10.0 Å². The van der Waals surface area contributed by atoms with Gasteiger partial charge in [0.15, 0.2) is 0 Å². The Hall–Kier alpha value is -2.71. The molecule has 0 radical (unpaired) electrons. The fraction of sp³-hybridized carbons (Fsp3) is 0.417. The molecule has 7 nitrogen and oxygen atoms in total. The van der Waals surface area contributed by atoms with Crippen molar-refractivity contribution < 1.29 is 18.0 Å². The van der Waals surface area contributed by atoms with E-state index in [-0.39, 0.29) is 35.7 Å². The van der Waals surface area contributed by atoms with Crippen molar-refractivity contribution in [3.8, 4) is 0 Å². The average molecular weight is 456 g/mol. The Morgan fingerprint density at radius 3 is 2.69 bits per heavy atom. The lowest BCUT2D eigenvalue weighted by Gasteiger charge is -2.33. The fourth-order valence-electron chi connectivity index (χ4n) is 4.50. The van der Waals surface area contributed by atoms with Crippen molar-refractivity contribution in [3.63, 3.8) is 0 Å². The number of amides is 2. The summed E-state index contributed by atoms with van der Waals surface area (Å²) in [5.74, 6) is -0.437. The number of carbonyl (C=O) groups is 2. The molecule has 2 aromatic carbocycles. The van der Waals surface area contributed by atoms with Crippen molar-refractivity contribution in [1.29, 1.82) is 0 Å². The van der Waals surface area contributed by atoms with Crippen LogP contribution >= 0.6 is 0 Å². The van der Waals surface area contributed by atoms with Crippen LogP contribution in [-0.2, 0) is 26.0 Å².